The number of hydrogen-bond acceptors (Lipinski definition) is 4. The summed E-state index contributed by atoms with van der Waals surface area (Å²) < 4.78 is 4.39. The number of nitrogens with two attached hydrogens (primary N) is 1. The minimum atomic E-state index is 0.768. The lowest BCUT2D eigenvalue weighted by Crippen LogP contribution is -1.89. The third-order valence-corrected chi connectivity index (χ3v) is 3.35. The van der Waals surface area contributed by atoms with Crippen molar-refractivity contribution in [3.05, 3.63) is 48.5 Å². The van der Waals surface area contributed by atoms with E-state index in [1.807, 2.05) is 42.5 Å². The molecule has 0 radical (unpaired) electrons. The summed E-state index contributed by atoms with van der Waals surface area (Å²) in [6.45, 7) is 0. The van der Waals surface area contributed by atoms with E-state index in [-0.39, 0.29) is 0 Å². The highest BCUT2D eigenvalue weighted by Gasteiger charge is 2.04. The van der Waals surface area contributed by atoms with Crippen molar-refractivity contribution in [1.82, 2.24) is 4.37 Å². The van der Waals surface area contributed by atoms with E-state index in [9.17, 15) is 0 Å². The number of aromatic nitrogens is 1. The molecule has 0 bridgehead atoms. The summed E-state index contributed by atoms with van der Waals surface area (Å²) in [6.07, 6.45) is 0. The van der Waals surface area contributed by atoms with E-state index in [4.69, 9.17) is 5.73 Å². The van der Waals surface area contributed by atoms with E-state index in [0.29, 0.717) is 0 Å². The van der Waals surface area contributed by atoms with Gasteiger partial charge in [-0.15, -0.1) is 0 Å². The van der Waals surface area contributed by atoms with Crippen molar-refractivity contribution in [1.29, 1.82) is 0 Å². The van der Waals surface area contributed by atoms with Gasteiger partial charge in [0.1, 0.15) is 5.00 Å². The number of hydrogen-bond donors (Lipinski definition) is 2. The molecule has 0 aliphatic heterocycles. The van der Waals surface area contributed by atoms with Gasteiger partial charge in [0.25, 0.3) is 0 Å². The van der Waals surface area contributed by atoms with Crippen molar-refractivity contribution in [2.45, 2.75) is 0 Å². The Morgan fingerprint density at radius 3 is 2.59 bits per heavy atom. The van der Waals surface area contributed by atoms with E-state index in [2.05, 4.69) is 15.8 Å². The molecule has 0 aliphatic carbocycles. The van der Waals surface area contributed by atoms with Gasteiger partial charge in [-0.05, 0) is 47.9 Å². The van der Waals surface area contributed by atoms with Crippen LogP contribution >= 0.6 is 11.5 Å². The van der Waals surface area contributed by atoms with Crippen molar-refractivity contribution in [2.24, 2.45) is 0 Å². The summed E-state index contributed by atoms with van der Waals surface area (Å²) in [5, 5.41) is 5.56. The lowest BCUT2D eigenvalue weighted by Gasteiger charge is -2.03. The quantitative estimate of drug-likeness (QED) is 0.674. The molecular weight excluding hydrogens is 230 g/mol. The largest absolute Gasteiger partial charge is 0.399 e. The molecule has 0 fully saturated rings. The van der Waals surface area contributed by atoms with Gasteiger partial charge in [-0.3, -0.25) is 0 Å². The molecule has 0 amide bonds. The Kier molecular flexibility index (Phi) is 2.42. The summed E-state index contributed by atoms with van der Waals surface area (Å²) in [5.41, 5.74) is 8.47. The van der Waals surface area contributed by atoms with Gasteiger partial charge in [-0.2, -0.15) is 4.37 Å². The fraction of sp³-hybridized carbons (Fsp3) is 0. The number of rotatable bonds is 2. The molecule has 0 saturated heterocycles. The van der Waals surface area contributed by atoms with E-state index in [1.165, 1.54) is 11.5 Å². The van der Waals surface area contributed by atoms with E-state index in [0.717, 1.165) is 27.3 Å². The molecule has 2 aromatic carbocycles. The summed E-state index contributed by atoms with van der Waals surface area (Å²) in [4.78, 5) is 0. The second-order valence-electron chi connectivity index (χ2n) is 3.78. The molecule has 3 nitrogen and oxygen atoms in total. The molecule has 3 N–H and O–H groups in total. The normalized spacial score (nSPS) is 10.6. The Morgan fingerprint density at radius 1 is 1.00 bits per heavy atom. The first-order valence-corrected chi connectivity index (χ1v) is 6.07. The molecule has 1 aromatic heterocycles. The van der Waals surface area contributed by atoms with Crippen LogP contribution < -0.4 is 11.1 Å². The van der Waals surface area contributed by atoms with Crippen molar-refractivity contribution >= 4 is 38.8 Å². The number of nitrogen functional groups attached to an aromatic ring is 1. The minimum Gasteiger partial charge on any atom is -0.399 e. The SMILES string of the molecule is Nc1ccc(Nc2snc3ccccc23)cc1. The summed E-state index contributed by atoms with van der Waals surface area (Å²) in [5.74, 6) is 0. The van der Waals surface area contributed by atoms with Gasteiger partial charge in [0, 0.05) is 16.8 Å². The molecule has 84 valence electrons. The van der Waals surface area contributed by atoms with Crippen molar-refractivity contribution in [3.63, 3.8) is 0 Å². The standard InChI is InChI=1S/C13H11N3S/c14-9-5-7-10(8-6-9)15-13-11-3-1-2-4-12(11)16-17-13/h1-8,15H,14H2. The highest BCUT2D eigenvalue weighted by atomic mass is 32.1. The first kappa shape index (κ1) is 10.1. The van der Waals surface area contributed by atoms with Crippen molar-refractivity contribution < 1.29 is 0 Å². The van der Waals surface area contributed by atoms with Crippen LogP contribution in [0.3, 0.4) is 0 Å². The van der Waals surface area contributed by atoms with Gasteiger partial charge in [0.2, 0.25) is 0 Å². The zero-order valence-electron chi connectivity index (χ0n) is 9.05. The van der Waals surface area contributed by atoms with E-state index >= 15 is 0 Å². The molecule has 0 aliphatic rings. The monoisotopic (exact) mass is 241 g/mol. The number of benzene rings is 2. The van der Waals surface area contributed by atoms with Crippen LogP contribution in [0.5, 0.6) is 0 Å². The Bertz CT molecular complexity index is 643. The average Bonchev–Trinajstić information content (AvgIpc) is 2.76. The Hall–Kier alpha value is -2.07. The van der Waals surface area contributed by atoms with Gasteiger partial charge in [-0.1, -0.05) is 12.1 Å². The van der Waals surface area contributed by atoms with E-state index < -0.39 is 0 Å². The predicted molar refractivity (Wildman–Crippen MR) is 73.8 cm³/mol. The molecule has 1 heterocycles. The van der Waals surface area contributed by atoms with Crippen LogP contribution in [0.2, 0.25) is 0 Å². The average molecular weight is 241 g/mol. The van der Waals surface area contributed by atoms with Gasteiger partial charge in [0.05, 0.1) is 5.52 Å². The second kappa shape index (κ2) is 4.07. The van der Waals surface area contributed by atoms with Crippen LogP contribution in [-0.2, 0) is 0 Å². The first-order chi connectivity index (χ1) is 8.33. The van der Waals surface area contributed by atoms with Crippen molar-refractivity contribution in [2.75, 3.05) is 11.1 Å². The molecule has 4 heteroatoms. The molecule has 3 rings (SSSR count). The van der Waals surface area contributed by atoms with Crippen molar-refractivity contribution in [3.8, 4) is 0 Å². The number of nitrogens with zero attached hydrogens (tertiary/aromatic N) is 1. The van der Waals surface area contributed by atoms with Gasteiger partial charge < -0.3 is 11.1 Å². The highest BCUT2D eigenvalue weighted by molar-refractivity contribution is 7.11. The lowest BCUT2D eigenvalue weighted by molar-refractivity contribution is 1.61. The lowest BCUT2D eigenvalue weighted by atomic mass is 10.2. The maximum absolute atomic E-state index is 5.65. The second-order valence-corrected chi connectivity index (χ2v) is 4.55. The molecular formula is C13H11N3S. The molecule has 17 heavy (non-hydrogen) atoms. The number of nitrogens with one attached hydrogen (secondary N) is 1. The zero-order chi connectivity index (χ0) is 11.7. The summed E-state index contributed by atoms with van der Waals surface area (Å²) in [7, 11) is 0. The summed E-state index contributed by atoms with van der Waals surface area (Å²) >= 11 is 1.47. The summed E-state index contributed by atoms with van der Waals surface area (Å²) in [6, 6.07) is 15.8. The maximum Gasteiger partial charge on any atom is 0.121 e. The smallest absolute Gasteiger partial charge is 0.121 e. The Labute approximate surface area is 103 Å². The maximum atomic E-state index is 5.65. The van der Waals surface area contributed by atoms with Gasteiger partial charge in [-0.25, -0.2) is 0 Å². The van der Waals surface area contributed by atoms with Gasteiger partial charge in [0.15, 0.2) is 0 Å². The van der Waals surface area contributed by atoms with E-state index in [1.54, 1.807) is 0 Å². The highest BCUT2D eigenvalue weighted by Crippen LogP contribution is 2.30. The van der Waals surface area contributed by atoms with Gasteiger partial charge >= 0.3 is 0 Å². The third-order valence-electron chi connectivity index (χ3n) is 2.55. The molecule has 0 unspecified atom stereocenters. The topological polar surface area (TPSA) is 50.9 Å². The Morgan fingerprint density at radius 2 is 1.76 bits per heavy atom. The van der Waals surface area contributed by atoms with Crippen LogP contribution in [0.15, 0.2) is 48.5 Å². The van der Waals surface area contributed by atoms with Crippen LogP contribution in [0.25, 0.3) is 10.9 Å². The fourth-order valence-corrected chi connectivity index (χ4v) is 2.46. The van der Waals surface area contributed by atoms with Crippen LogP contribution in [0.4, 0.5) is 16.4 Å². The zero-order valence-corrected chi connectivity index (χ0v) is 9.87. The third kappa shape index (κ3) is 1.94. The van der Waals surface area contributed by atoms with Crippen LogP contribution in [0.1, 0.15) is 0 Å². The Balaban J connectivity index is 1.97. The van der Waals surface area contributed by atoms with Crippen LogP contribution in [-0.4, -0.2) is 4.37 Å². The number of fused-ring (bicyclic) bond motifs is 1. The predicted octanol–water partition coefficient (Wildman–Crippen LogP) is 3.62. The fourth-order valence-electron chi connectivity index (χ4n) is 1.68. The molecule has 0 spiro atoms. The molecule has 0 saturated carbocycles. The van der Waals surface area contributed by atoms with Crippen LogP contribution in [0, 0.1) is 0 Å². The number of anilines is 3. The molecule has 3 aromatic rings. The minimum absolute atomic E-state index is 0.768. The first-order valence-electron chi connectivity index (χ1n) is 5.30. The molecule has 0 atom stereocenters.